The lowest BCUT2D eigenvalue weighted by Gasteiger charge is -2.39. The SMILES string of the molecule is CC1(C)Cc2ccccc2C1NC1CCN2CCCC2C1. The first-order valence-corrected chi connectivity index (χ1v) is 8.71. The van der Waals surface area contributed by atoms with Crippen LogP contribution in [0.25, 0.3) is 0 Å². The molecule has 1 aliphatic carbocycles. The van der Waals surface area contributed by atoms with E-state index in [0.717, 1.165) is 6.04 Å². The van der Waals surface area contributed by atoms with Crippen LogP contribution < -0.4 is 5.32 Å². The number of piperidine rings is 1. The van der Waals surface area contributed by atoms with Gasteiger partial charge < -0.3 is 10.2 Å². The molecule has 0 radical (unpaired) electrons. The van der Waals surface area contributed by atoms with Crippen molar-refractivity contribution in [2.24, 2.45) is 5.41 Å². The Kier molecular flexibility index (Phi) is 3.35. The lowest BCUT2D eigenvalue weighted by atomic mass is 9.84. The van der Waals surface area contributed by atoms with Crippen molar-refractivity contribution in [3.8, 4) is 0 Å². The molecule has 114 valence electrons. The Bertz CT molecular complexity index is 522. The molecule has 2 heterocycles. The number of nitrogens with one attached hydrogen (secondary N) is 1. The molecule has 0 saturated carbocycles. The second kappa shape index (κ2) is 5.10. The van der Waals surface area contributed by atoms with Crippen LogP contribution >= 0.6 is 0 Å². The molecular weight excluding hydrogens is 256 g/mol. The van der Waals surface area contributed by atoms with Gasteiger partial charge in [0.1, 0.15) is 0 Å². The summed E-state index contributed by atoms with van der Waals surface area (Å²) in [5.41, 5.74) is 3.45. The Morgan fingerprint density at radius 3 is 2.90 bits per heavy atom. The molecule has 0 aromatic heterocycles. The number of fused-ring (bicyclic) bond motifs is 2. The van der Waals surface area contributed by atoms with E-state index in [-0.39, 0.29) is 0 Å². The van der Waals surface area contributed by atoms with Gasteiger partial charge in [-0.1, -0.05) is 38.1 Å². The molecule has 2 fully saturated rings. The number of rotatable bonds is 2. The fourth-order valence-corrected chi connectivity index (χ4v) is 4.92. The summed E-state index contributed by atoms with van der Waals surface area (Å²) in [6.45, 7) is 7.50. The van der Waals surface area contributed by atoms with Crippen molar-refractivity contribution in [2.45, 2.75) is 64.1 Å². The average molecular weight is 284 g/mol. The van der Waals surface area contributed by atoms with E-state index >= 15 is 0 Å². The minimum absolute atomic E-state index is 0.344. The van der Waals surface area contributed by atoms with E-state index in [4.69, 9.17) is 0 Å². The third-order valence-electron chi connectivity index (χ3n) is 6.02. The van der Waals surface area contributed by atoms with Crippen LogP contribution in [-0.2, 0) is 6.42 Å². The first kappa shape index (κ1) is 13.8. The topological polar surface area (TPSA) is 15.3 Å². The number of benzene rings is 1. The van der Waals surface area contributed by atoms with Crippen LogP contribution in [0, 0.1) is 5.41 Å². The Hall–Kier alpha value is -0.860. The van der Waals surface area contributed by atoms with Gasteiger partial charge in [0.05, 0.1) is 0 Å². The summed E-state index contributed by atoms with van der Waals surface area (Å²) in [5, 5.41) is 4.05. The lowest BCUT2D eigenvalue weighted by molar-refractivity contribution is 0.143. The van der Waals surface area contributed by atoms with Gasteiger partial charge in [-0.15, -0.1) is 0 Å². The van der Waals surface area contributed by atoms with Crippen LogP contribution in [0.1, 0.15) is 56.7 Å². The molecule has 1 aromatic carbocycles. The van der Waals surface area contributed by atoms with Crippen LogP contribution in [0.15, 0.2) is 24.3 Å². The van der Waals surface area contributed by atoms with Crippen molar-refractivity contribution in [3.63, 3.8) is 0 Å². The van der Waals surface area contributed by atoms with Crippen molar-refractivity contribution in [1.82, 2.24) is 10.2 Å². The predicted octanol–water partition coefficient (Wildman–Crippen LogP) is 3.53. The molecule has 3 atom stereocenters. The van der Waals surface area contributed by atoms with Crippen LogP contribution in [0.3, 0.4) is 0 Å². The molecule has 0 spiro atoms. The predicted molar refractivity (Wildman–Crippen MR) is 87.4 cm³/mol. The summed E-state index contributed by atoms with van der Waals surface area (Å²) in [5.74, 6) is 0. The van der Waals surface area contributed by atoms with Crippen molar-refractivity contribution >= 4 is 0 Å². The molecule has 21 heavy (non-hydrogen) atoms. The van der Waals surface area contributed by atoms with E-state index in [1.807, 2.05) is 0 Å². The zero-order valence-electron chi connectivity index (χ0n) is 13.4. The largest absolute Gasteiger partial charge is 0.307 e. The van der Waals surface area contributed by atoms with Crippen molar-refractivity contribution in [2.75, 3.05) is 13.1 Å². The van der Waals surface area contributed by atoms with Gasteiger partial charge in [-0.2, -0.15) is 0 Å². The quantitative estimate of drug-likeness (QED) is 0.894. The second-order valence-corrected chi connectivity index (χ2v) is 8.02. The third kappa shape index (κ3) is 2.43. The van der Waals surface area contributed by atoms with Crippen LogP contribution in [-0.4, -0.2) is 30.1 Å². The standard InChI is InChI=1S/C19H28N2/c1-19(2)13-14-6-3-4-8-17(14)18(19)20-15-9-11-21-10-5-7-16(21)12-15/h3-4,6,8,15-16,18,20H,5,7,9-13H2,1-2H3. The maximum atomic E-state index is 4.05. The maximum Gasteiger partial charge on any atom is 0.0380 e. The zero-order valence-corrected chi connectivity index (χ0v) is 13.4. The van der Waals surface area contributed by atoms with Crippen LogP contribution in [0.4, 0.5) is 0 Å². The van der Waals surface area contributed by atoms with Gasteiger partial charge in [-0.3, -0.25) is 0 Å². The second-order valence-electron chi connectivity index (χ2n) is 8.02. The lowest BCUT2D eigenvalue weighted by Crippen LogP contribution is -2.48. The number of hydrogen-bond donors (Lipinski definition) is 1. The van der Waals surface area contributed by atoms with Gasteiger partial charge in [0.15, 0.2) is 0 Å². The first-order chi connectivity index (χ1) is 10.1. The van der Waals surface area contributed by atoms with Crippen molar-refractivity contribution in [1.29, 1.82) is 0 Å². The highest BCUT2D eigenvalue weighted by Gasteiger charge is 2.41. The molecule has 0 bridgehead atoms. The van der Waals surface area contributed by atoms with Crippen molar-refractivity contribution in [3.05, 3.63) is 35.4 Å². The highest BCUT2D eigenvalue weighted by molar-refractivity contribution is 5.37. The molecule has 4 rings (SSSR count). The summed E-state index contributed by atoms with van der Waals surface area (Å²) >= 11 is 0. The van der Waals surface area contributed by atoms with Crippen molar-refractivity contribution < 1.29 is 0 Å². The van der Waals surface area contributed by atoms with Gasteiger partial charge in [0, 0.05) is 18.1 Å². The third-order valence-corrected chi connectivity index (χ3v) is 6.02. The molecule has 1 N–H and O–H groups in total. The van der Waals surface area contributed by atoms with Gasteiger partial charge in [-0.05, 0) is 61.7 Å². The zero-order chi connectivity index (χ0) is 14.4. The fraction of sp³-hybridized carbons (Fsp3) is 0.684. The number of nitrogens with zero attached hydrogens (tertiary/aromatic N) is 1. The smallest absolute Gasteiger partial charge is 0.0380 e. The molecule has 2 nitrogen and oxygen atoms in total. The molecule has 3 aliphatic rings. The van der Waals surface area contributed by atoms with Gasteiger partial charge in [0.25, 0.3) is 0 Å². The minimum atomic E-state index is 0.344. The molecule has 2 saturated heterocycles. The summed E-state index contributed by atoms with van der Waals surface area (Å²) < 4.78 is 0. The average Bonchev–Trinajstić information content (AvgIpc) is 3.01. The van der Waals surface area contributed by atoms with E-state index < -0.39 is 0 Å². The van der Waals surface area contributed by atoms with Gasteiger partial charge in [-0.25, -0.2) is 0 Å². The highest BCUT2D eigenvalue weighted by Crippen LogP contribution is 2.45. The molecule has 1 aromatic rings. The van der Waals surface area contributed by atoms with E-state index in [1.54, 1.807) is 11.1 Å². The Morgan fingerprint density at radius 2 is 2.00 bits per heavy atom. The molecule has 2 heteroatoms. The summed E-state index contributed by atoms with van der Waals surface area (Å²) in [4.78, 5) is 2.71. The van der Waals surface area contributed by atoms with E-state index in [9.17, 15) is 0 Å². The maximum absolute atomic E-state index is 4.05. The van der Waals surface area contributed by atoms with E-state index in [0.29, 0.717) is 17.5 Å². The van der Waals surface area contributed by atoms with E-state index in [1.165, 1.54) is 45.2 Å². The van der Waals surface area contributed by atoms with Gasteiger partial charge >= 0.3 is 0 Å². The van der Waals surface area contributed by atoms with Crippen LogP contribution in [0.2, 0.25) is 0 Å². The van der Waals surface area contributed by atoms with Crippen LogP contribution in [0.5, 0.6) is 0 Å². The highest BCUT2D eigenvalue weighted by atomic mass is 15.2. The minimum Gasteiger partial charge on any atom is -0.307 e. The molecule has 0 amide bonds. The summed E-state index contributed by atoms with van der Waals surface area (Å²) in [7, 11) is 0. The normalized spacial score (nSPS) is 34.7. The first-order valence-electron chi connectivity index (χ1n) is 8.71. The molecular formula is C19H28N2. The fourth-order valence-electron chi connectivity index (χ4n) is 4.92. The molecule has 2 aliphatic heterocycles. The number of hydrogen-bond acceptors (Lipinski definition) is 2. The summed E-state index contributed by atoms with van der Waals surface area (Å²) in [6, 6.07) is 11.1. The Morgan fingerprint density at radius 1 is 1.14 bits per heavy atom. The van der Waals surface area contributed by atoms with Gasteiger partial charge in [0.2, 0.25) is 0 Å². The molecule has 3 unspecified atom stereocenters. The Labute approximate surface area is 128 Å². The monoisotopic (exact) mass is 284 g/mol. The Balaban J connectivity index is 1.51. The van der Waals surface area contributed by atoms with E-state index in [2.05, 4.69) is 48.3 Å². The summed E-state index contributed by atoms with van der Waals surface area (Å²) in [6.07, 6.45) is 6.72.